The van der Waals surface area contributed by atoms with E-state index in [9.17, 15) is 9.59 Å². The minimum absolute atomic E-state index is 0.280. The molecule has 1 saturated carbocycles. The second kappa shape index (κ2) is 7.47. The summed E-state index contributed by atoms with van der Waals surface area (Å²) in [6, 6.07) is 7.18. The molecule has 6 nitrogen and oxygen atoms in total. The molecule has 0 spiro atoms. The molecule has 0 bridgehead atoms. The number of anilines is 1. The van der Waals surface area contributed by atoms with Crippen molar-refractivity contribution in [3.05, 3.63) is 45.8 Å². The van der Waals surface area contributed by atoms with E-state index in [1.54, 1.807) is 0 Å². The Morgan fingerprint density at radius 2 is 1.96 bits per heavy atom. The third-order valence-corrected chi connectivity index (χ3v) is 5.47. The van der Waals surface area contributed by atoms with Gasteiger partial charge in [-0.15, -0.1) is 0 Å². The standard InChI is InChI=1S/C21H24N2O4/c1-2-26-15-9-7-14(8-10-15)18-16(11-6-13-4-3-5-13)17-12-22-21(25)23-19(17)27-20(18)24/h7-10,13H,2-6,11-12H2,1H3,(H2,22,23,25). The first-order valence-corrected chi connectivity index (χ1v) is 9.62. The molecule has 0 atom stereocenters. The summed E-state index contributed by atoms with van der Waals surface area (Å²) >= 11 is 0. The molecule has 6 heteroatoms. The van der Waals surface area contributed by atoms with Crippen LogP contribution < -0.4 is 21.0 Å². The fourth-order valence-corrected chi connectivity index (χ4v) is 3.80. The molecular formula is C21H24N2O4. The Kier molecular flexibility index (Phi) is 4.88. The van der Waals surface area contributed by atoms with Gasteiger partial charge >= 0.3 is 11.7 Å². The molecule has 1 aromatic heterocycles. The Hall–Kier alpha value is -2.76. The van der Waals surface area contributed by atoms with Crippen molar-refractivity contribution in [1.82, 2.24) is 5.32 Å². The first kappa shape index (κ1) is 17.6. The maximum atomic E-state index is 12.8. The number of nitrogens with one attached hydrogen (secondary N) is 2. The van der Waals surface area contributed by atoms with E-state index < -0.39 is 5.63 Å². The zero-order valence-electron chi connectivity index (χ0n) is 15.5. The van der Waals surface area contributed by atoms with Crippen LogP contribution in [0.5, 0.6) is 5.75 Å². The lowest BCUT2D eigenvalue weighted by Gasteiger charge is -2.27. The monoisotopic (exact) mass is 368 g/mol. The summed E-state index contributed by atoms with van der Waals surface area (Å²) in [5.41, 5.74) is 2.84. The van der Waals surface area contributed by atoms with Gasteiger partial charge in [0.25, 0.3) is 0 Å². The van der Waals surface area contributed by atoms with Gasteiger partial charge in [0.15, 0.2) is 0 Å². The van der Waals surface area contributed by atoms with Crippen LogP contribution in [0.1, 0.15) is 43.7 Å². The normalized spacial score (nSPS) is 16.1. The van der Waals surface area contributed by atoms with Crippen LogP contribution >= 0.6 is 0 Å². The molecule has 2 heterocycles. The quantitative estimate of drug-likeness (QED) is 0.805. The van der Waals surface area contributed by atoms with Crippen LogP contribution in [0.25, 0.3) is 11.1 Å². The third-order valence-electron chi connectivity index (χ3n) is 5.47. The lowest BCUT2D eigenvalue weighted by molar-refractivity contribution is 0.249. The highest BCUT2D eigenvalue weighted by molar-refractivity contribution is 5.91. The minimum atomic E-state index is -0.413. The Morgan fingerprint density at radius 3 is 2.63 bits per heavy atom. The van der Waals surface area contributed by atoms with Gasteiger partial charge in [-0.25, -0.2) is 9.59 Å². The molecule has 1 fully saturated rings. The summed E-state index contributed by atoms with van der Waals surface area (Å²) in [6.45, 7) is 2.90. The molecule has 0 unspecified atom stereocenters. The molecule has 1 aliphatic heterocycles. The van der Waals surface area contributed by atoms with Crippen LogP contribution in [0, 0.1) is 5.92 Å². The lowest BCUT2D eigenvalue weighted by atomic mass is 9.80. The average Bonchev–Trinajstić information content (AvgIpc) is 2.61. The molecule has 4 rings (SSSR count). The number of carbonyl (C=O) groups excluding carboxylic acids is 1. The topological polar surface area (TPSA) is 80.6 Å². The summed E-state index contributed by atoms with van der Waals surface area (Å²) < 4.78 is 11.0. The number of ether oxygens (including phenoxy) is 1. The van der Waals surface area contributed by atoms with Gasteiger partial charge in [-0.2, -0.15) is 0 Å². The fourth-order valence-electron chi connectivity index (χ4n) is 3.80. The van der Waals surface area contributed by atoms with Crippen molar-refractivity contribution >= 4 is 11.9 Å². The van der Waals surface area contributed by atoms with Crippen molar-refractivity contribution in [2.75, 3.05) is 11.9 Å². The number of urea groups is 1. The van der Waals surface area contributed by atoms with Gasteiger partial charge in [-0.05, 0) is 48.9 Å². The summed E-state index contributed by atoms with van der Waals surface area (Å²) in [5.74, 6) is 1.78. The van der Waals surface area contributed by atoms with Crippen molar-refractivity contribution in [1.29, 1.82) is 0 Å². The molecule has 2 aromatic rings. The van der Waals surface area contributed by atoms with Gasteiger partial charge in [0, 0.05) is 5.56 Å². The summed E-state index contributed by atoms with van der Waals surface area (Å²) in [5, 5.41) is 5.41. The number of rotatable bonds is 6. The second-order valence-corrected chi connectivity index (χ2v) is 7.15. The zero-order valence-corrected chi connectivity index (χ0v) is 15.5. The molecule has 1 aromatic carbocycles. The minimum Gasteiger partial charge on any atom is -0.494 e. The highest BCUT2D eigenvalue weighted by Crippen LogP contribution is 2.35. The molecule has 0 radical (unpaired) electrons. The molecule has 2 aliphatic rings. The van der Waals surface area contributed by atoms with Crippen molar-refractivity contribution in [2.45, 2.75) is 45.6 Å². The van der Waals surface area contributed by atoms with Crippen LogP contribution in [0.15, 0.2) is 33.5 Å². The molecule has 142 valence electrons. The van der Waals surface area contributed by atoms with E-state index in [0.29, 0.717) is 18.7 Å². The highest BCUT2D eigenvalue weighted by Gasteiger charge is 2.26. The zero-order chi connectivity index (χ0) is 18.8. The van der Waals surface area contributed by atoms with Crippen LogP contribution in [0.2, 0.25) is 0 Å². The Morgan fingerprint density at radius 1 is 1.19 bits per heavy atom. The SMILES string of the molecule is CCOc1ccc(-c2c(CCC3CCC3)c3c(oc2=O)NC(=O)NC3)cc1. The highest BCUT2D eigenvalue weighted by atomic mass is 16.5. The molecule has 2 N–H and O–H groups in total. The van der Waals surface area contributed by atoms with E-state index in [2.05, 4.69) is 10.6 Å². The van der Waals surface area contributed by atoms with Crippen molar-refractivity contribution in [3.63, 3.8) is 0 Å². The van der Waals surface area contributed by atoms with Crippen molar-refractivity contribution in [3.8, 4) is 16.9 Å². The van der Waals surface area contributed by atoms with Gasteiger partial charge in [-0.1, -0.05) is 31.4 Å². The van der Waals surface area contributed by atoms with E-state index in [4.69, 9.17) is 9.15 Å². The molecule has 0 saturated heterocycles. The van der Waals surface area contributed by atoms with E-state index in [-0.39, 0.29) is 11.9 Å². The number of hydrogen-bond acceptors (Lipinski definition) is 4. The number of carbonyl (C=O) groups is 1. The van der Waals surface area contributed by atoms with Crippen LogP contribution in [-0.4, -0.2) is 12.6 Å². The number of benzene rings is 1. The summed E-state index contributed by atoms with van der Waals surface area (Å²) in [6.07, 6.45) is 5.67. The first-order valence-electron chi connectivity index (χ1n) is 9.62. The summed E-state index contributed by atoms with van der Waals surface area (Å²) in [7, 11) is 0. The largest absolute Gasteiger partial charge is 0.494 e. The predicted molar refractivity (Wildman–Crippen MR) is 103 cm³/mol. The lowest BCUT2D eigenvalue weighted by Crippen LogP contribution is -2.35. The molecular weight excluding hydrogens is 344 g/mol. The van der Waals surface area contributed by atoms with E-state index in [1.165, 1.54) is 19.3 Å². The molecule has 27 heavy (non-hydrogen) atoms. The van der Waals surface area contributed by atoms with Crippen LogP contribution in [-0.2, 0) is 13.0 Å². The summed E-state index contributed by atoms with van der Waals surface area (Å²) in [4.78, 5) is 24.4. The predicted octanol–water partition coefficient (Wildman–Crippen LogP) is 4.07. The Balaban J connectivity index is 1.76. The second-order valence-electron chi connectivity index (χ2n) is 7.15. The van der Waals surface area contributed by atoms with Gasteiger partial charge in [0.1, 0.15) is 5.75 Å². The van der Waals surface area contributed by atoms with E-state index >= 15 is 0 Å². The number of hydrogen-bond donors (Lipinski definition) is 2. The maximum Gasteiger partial charge on any atom is 0.345 e. The van der Waals surface area contributed by atoms with E-state index in [1.807, 2.05) is 31.2 Å². The Bertz CT molecular complexity index is 898. The van der Waals surface area contributed by atoms with Gasteiger partial charge in [0.2, 0.25) is 5.88 Å². The smallest absolute Gasteiger partial charge is 0.345 e. The van der Waals surface area contributed by atoms with Crippen molar-refractivity contribution < 1.29 is 13.9 Å². The number of fused-ring (bicyclic) bond motifs is 1. The molecule has 1 aliphatic carbocycles. The van der Waals surface area contributed by atoms with Crippen LogP contribution in [0.4, 0.5) is 10.7 Å². The van der Waals surface area contributed by atoms with Crippen molar-refractivity contribution in [2.24, 2.45) is 5.92 Å². The Labute approximate surface area is 157 Å². The third kappa shape index (κ3) is 3.56. The fraction of sp³-hybridized carbons (Fsp3) is 0.429. The molecule has 2 amide bonds. The number of amides is 2. The van der Waals surface area contributed by atoms with Crippen LogP contribution in [0.3, 0.4) is 0 Å². The van der Waals surface area contributed by atoms with Gasteiger partial charge in [-0.3, -0.25) is 5.32 Å². The first-order chi connectivity index (χ1) is 13.2. The maximum absolute atomic E-state index is 12.8. The van der Waals surface area contributed by atoms with E-state index in [0.717, 1.165) is 41.2 Å². The average molecular weight is 368 g/mol. The van der Waals surface area contributed by atoms with Gasteiger partial charge in [0.05, 0.1) is 18.7 Å². The van der Waals surface area contributed by atoms with Gasteiger partial charge < -0.3 is 14.5 Å².